The summed E-state index contributed by atoms with van der Waals surface area (Å²) in [6.07, 6.45) is 0. The van der Waals surface area contributed by atoms with Gasteiger partial charge in [-0.15, -0.1) is 0 Å². The normalized spacial score (nSPS) is 12.4. The van der Waals surface area contributed by atoms with E-state index < -0.39 is 0 Å². The van der Waals surface area contributed by atoms with Crippen molar-refractivity contribution in [1.29, 1.82) is 0 Å². The fraction of sp³-hybridized carbons (Fsp3) is 0.667. The number of rotatable bonds is 0. The standard InChI is InChI=1S/C3H6N.Hg/c1-3-4-2;/h1-2H3;. The molecule has 0 unspecified atom stereocenters. The topological polar surface area (TPSA) is 12.4 Å². The molecular formula is C3H6HgN. The van der Waals surface area contributed by atoms with Gasteiger partial charge in [0.1, 0.15) is 0 Å². The molecule has 0 heterocycles. The fourth-order valence-electron chi connectivity index (χ4n) is 0. The summed E-state index contributed by atoms with van der Waals surface area (Å²) in [7, 11) is 1.84. The zero-order valence-electron chi connectivity index (χ0n) is 3.65. The quantitative estimate of drug-likeness (QED) is 0.444. The molecule has 0 radical (unpaired) electrons. The van der Waals surface area contributed by atoms with Crippen molar-refractivity contribution in [2.75, 3.05) is 7.05 Å². The predicted molar refractivity (Wildman–Crippen MR) is 19.0 cm³/mol. The Bertz CT molecular complexity index is 44.9. The van der Waals surface area contributed by atoms with Crippen LogP contribution in [0.1, 0.15) is 6.92 Å². The Morgan fingerprint density at radius 1 is 1.80 bits per heavy atom. The third kappa shape index (κ3) is 4.61. The van der Waals surface area contributed by atoms with Crippen molar-refractivity contribution < 1.29 is 26.1 Å². The van der Waals surface area contributed by atoms with Crippen molar-refractivity contribution in [3.63, 3.8) is 0 Å². The summed E-state index contributed by atoms with van der Waals surface area (Å²) in [4.78, 5) is 3.89. The van der Waals surface area contributed by atoms with Crippen LogP contribution in [-0.4, -0.2) is 10.3 Å². The van der Waals surface area contributed by atoms with Crippen LogP contribution in [0.15, 0.2) is 4.99 Å². The molecule has 1 nitrogen and oxygen atoms in total. The van der Waals surface area contributed by atoms with Gasteiger partial charge in [0, 0.05) is 0 Å². The van der Waals surface area contributed by atoms with Gasteiger partial charge in [-0.3, -0.25) is 0 Å². The molecule has 0 bridgehead atoms. The number of aliphatic imine (C=N–C) groups is 1. The van der Waals surface area contributed by atoms with Gasteiger partial charge in [0.05, 0.1) is 0 Å². The van der Waals surface area contributed by atoms with Crippen molar-refractivity contribution >= 4 is 3.22 Å². The van der Waals surface area contributed by atoms with E-state index in [0.717, 1.165) is 26.1 Å². The van der Waals surface area contributed by atoms with E-state index in [9.17, 15) is 0 Å². The molecule has 25 valence electrons. The van der Waals surface area contributed by atoms with Crippen LogP contribution >= 0.6 is 0 Å². The molecular weight excluding hydrogens is 251 g/mol. The monoisotopic (exact) mass is 258 g/mol. The van der Waals surface area contributed by atoms with Gasteiger partial charge in [-0.25, -0.2) is 0 Å². The molecule has 0 aromatic rings. The zero-order chi connectivity index (χ0) is 4.28. The van der Waals surface area contributed by atoms with Gasteiger partial charge in [-0.05, 0) is 0 Å². The van der Waals surface area contributed by atoms with E-state index in [4.69, 9.17) is 0 Å². The Labute approximate surface area is 48.5 Å². The summed E-state index contributed by atoms with van der Waals surface area (Å²) >= 11 is 0.779. The van der Waals surface area contributed by atoms with Crippen LogP contribution in [0.4, 0.5) is 0 Å². The first-order valence-corrected chi connectivity index (χ1v) is 4.27. The molecule has 0 aliphatic heterocycles. The zero-order valence-corrected chi connectivity index (χ0v) is 9.15. The van der Waals surface area contributed by atoms with Crippen molar-refractivity contribution in [2.45, 2.75) is 6.92 Å². The number of hydrogen-bond donors (Lipinski definition) is 0. The summed E-state index contributed by atoms with van der Waals surface area (Å²) in [6, 6.07) is 0. The fourth-order valence-corrected chi connectivity index (χ4v) is 0. The van der Waals surface area contributed by atoms with E-state index in [-0.39, 0.29) is 0 Å². The van der Waals surface area contributed by atoms with Crippen molar-refractivity contribution in [3.05, 3.63) is 0 Å². The van der Waals surface area contributed by atoms with Crippen LogP contribution in [-0.2, 0) is 26.1 Å². The van der Waals surface area contributed by atoms with Crippen molar-refractivity contribution in [3.8, 4) is 0 Å². The SMILES string of the molecule is CN=[C](C)[Hg]. The predicted octanol–water partition coefficient (Wildman–Crippen LogP) is 0.581. The summed E-state index contributed by atoms with van der Waals surface area (Å²) in [6.45, 7) is 2.06. The summed E-state index contributed by atoms with van der Waals surface area (Å²) in [5, 5.41) is 0. The average Bonchev–Trinajstić information content (AvgIpc) is 1.38. The van der Waals surface area contributed by atoms with E-state index in [0.29, 0.717) is 0 Å². The van der Waals surface area contributed by atoms with Crippen LogP contribution in [0.5, 0.6) is 0 Å². The van der Waals surface area contributed by atoms with Crippen LogP contribution in [0.3, 0.4) is 0 Å². The van der Waals surface area contributed by atoms with Gasteiger partial charge in [-0.1, -0.05) is 0 Å². The van der Waals surface area contributed by atoms with Crippen LogP contribution < -0.4 is 0 Å². The van der Waals surface area contributed by atoms with Crippen molar-refractivity contribution in [2.24, 2.45) is 4.99 Å². The molecule has 2 heteroatoms. The number of hydrogen-bond acceptors (Lipinski definition) is 1. The second-order valence-corrected chi connectivity index (χ2v) is 4.94. The third-order valence-electron chi connectivity index (χ3n) is 0.382. The van der Waals surface area contributed by atoms with Gasteiger partial charge in [-0.2, -0.15) is 0 Å². The number of nitrogens with zero attached hydrogens (tertiary/aromatic N) is 1. The molecule has 0 aromatic carbocycles. The molecule has 0 saturated heterocycles. The maximum absolute atomic E-state index is 3.89. The van der Waals surface area contributed by atoms with Gasteiger partial charge in [0.2, 0.25) is 0 Å². The second kappa shape index (κ2) is 2.82. The molecule has 0 spiro atoms. The molecule has 0 aliphatic rings. The first-order chi connectivity index (χ1) is 2.27. The molecule has 0 N–H and O–H groups in total. The Morgan fingerprint density at radius 3 is 2.00 bits per heavy atom. The van der Waals surface area contributed by atoms with Crippen molar-refractivity contribution in [1.82, 2.24) is 0 Å². The van der Waals surface area contributed by atoms with Crippen LogP contribution in [0.2, 0.25) is 0 Å². The summed E-state index contributed by atoms with van der Waals surface area (Å²) < 4.78 is 1.32. The van der Waals surface area contributed by atoms with E-state index in [2.05, 4.69) is 11.9 Å². The third-order valence-corrected chi connectivity index (χ3v) is 1.61. The summed E-state index contributed by atoms with van der Waals surface area (Å²) in [5.74, 6) is 0. The summed E-state index contributed by atoms with van der Waals surface area (Å²) in [5.41, 5.74) is 0. The second-order valence-electron chi connectivity index (χ2n) is 0.959. The molecule has 0 aromatic heterocycles. The van der Waals surface area contributed by atoms with Gasteiger partial charge in [0.25, 0.3) is 0 Å². The Kier molecular flexibility index (Phi) is 3.16. The Hall–Kier alpha value is 0.605. The molecule has 5 heavy (non-hydrogen) atoms. The molecule has 0 rings (SSSR count). The van der Waals surface area contributed by atoms with Crippen LogP contribution in [0.25, 0.3) is 0 Å². The van der Waals surface area contributed by atoms with Crippen LogP contribution in [0, 0.1) is 0 Å². The van der Waals surface area contributed by atoms with Gasteiger partial charge in [0.15, 0.2) is 0 Å². The van der Waals surface area contributed by atoms with E-state index in [1.54, 1.807) is 0 Å². The average molecular weight is 257 g/mol. The molecule has 0 saturated carbocycles. The van der Waals surface area contributed by atoms with E-state index in [1.807, 2.05) is 7.05 Å². The molecule has 0 amide bonds. The molecule has 0 fully saturated rings. The first-order valence-electron chi connectivity index (χ1n) is 1.52. The maximum atomic E-state index is 3.89. The van der Waals surface area contributed by atoms with E-state index >= 15 is 0 Å². The van der Waals surface area contributed by atoms with E-state index in [1.165, 1.54) is 3.22 Å². The van der Waals surface area contributed by atoms with Gasteiger partial charge < -0.3 is 0 Å². The molecule has 0 aliphatic carbocycles. The minimum atomic E-state index is 0.779. The minimum absolute atomic E-state index is 0.779. The first kappa shape index (κ1) is 5.61. The Balaban J connectivity index is 3.14. The Morgan fingerprint density at radius 2 is 2.00 bits per heavy atom. The molecule has 0 atom stereocenters. The van der Waals surface area contributed by atoms with Gasteiger partial charge >= 0.3 is 48.3 Å².